The van der Waals surface area contributed by atoms with E-state index in [4.69, 9.17) is 18.1 Å². The summed E-state index contributed by atoms with van der Waals surface area (Å²) in [6, 6.07) is 6.50. The van der Waals surface area contributed by atoms with Crippen LogP contribution in [0.5, 0.6) is 5.75 Å². The Balaban J connectivity index is 1.47. The van der Waals surface area contributed by atoms with Gasteiger partial charge in [0.15, 0.2) is 17.3 Å². The number of nitrogens with one attached hydrogen (secondary N) is 3. The molecular weight excluding hydrogens is 454 g/mol. The highest BCUT2D eigenvalue weighted by Gasteiger charge is 2.65. The fourth-order valence-corrected chi connectivity index (χ4v) is 4.14. The zero-order valence-electron chi connectivity index (χ0n) is 22.0. The van der Waals surface area contributed by atoms with Crippen LogP contribution in [0.3, 0.4) is 0 Å². The molecule has 0 radical (unpaired) electrons. The van der Waals surface area contributed by atoms with Crippen molar-refractivity contribution in [3.05, 3.63) is 35.9 Å². The van der Waals surface area contributed by atoms with Gasteiger partial charge < -0.3 is 29.9 Å². The molecule has 2 saturated carbocycles. The van der Waals surface area contributed by atoms with Gasteiger partial charge in [-0.3, -0.25) is 9.59 Å². The van der Waals surface area contributed by atoms with Gasteiger partial charge in [-0.1, -0.05) is 11.2 Å². The first-order valence-electron chi connectivity index (χ1n) is 12.4. The molecule has 5 rings (SSSR count). The van der Waals surface area contributed by atoms with Crippen molar-refractivity contribution in [2.45, 2.75) is 25.9 Å². The number of carbonyl (C=O) groups excluding carboxylic acids is 2. The standard InChI is InChI=1S/C23H25N7O5/c1-24-22(32)18-15(9-16(28-29-18)26-21(31)13-10-23(13)7-8-23)25-14-6-4-5-12(19(14)34-3)20-27-17(11-33-2)35-30-20/h4-6,9,13H,7-8,10-11H2,1-3H3,(H,24,32)(H2,25,26,28,31)/i1D3. The molecule has 12 heteroatoms. The third kappa shape index (κ3) is 4.39. The first kappa shape index (κ1) is 19.3. The van der Waals surface area contributed by atoms with E-state index in [1.807, 2.05) is 5.32 Å². The van der Waals surface area contributed by atoms with Gasteiger partial charge in [-0.2, -0.15) is 4.98 Å². The number of hydrogen-bond acceptors (Lipinski definition) is 10. The van der Waals surface area contributed by atoms with Gasteiger partial charge in [-0.25, -0.2) is 0 Å². The Morgan fingerprint density at radius 2 is 2.11 bits per heavy atom. The summed E-state index contributed by atoms with van der Waals surface area (Å²) in [6.45, 7) is -2.61. The molecule has 2 amide bonds. The average molecular weight is 483 g/mol. The Morgan fingerprint density at radius 1 is 1.26 bits per heavy atom. The molecule has 1 aromatic carbocycles. The summed E-state index contributed by atoms with van der Waals surface area (Å²) < 4.78 is 37.9. The van der Waals surface area contributed by atoms with Gasteiger partial charge in [-0.05, 0) is 36.8 Å². The number of para-hydroxylation sites is 1. The van der Waals surface area contributed by atoms with E-state index in [2.05, 4.69) is 31.0 Å². The lowest BCUT2D eigenvalue weighted by atomic mass is 10.1. The van der Waals surface area contributed by atoms with E-state index < -0.39 is 12.9 Å². The number of anilines is 3. The van der Waals surface area contributed by atoms with Crippen LogP contribution in [0.4, 0.5) is 17.2 Å². The van der Waals surface area contributed by atoms with Gasteiger partial charge in [0.05, 0.1) is 24.0 Å². The summed E-state index contributed by atoms with van der Waals surface area (Å²) >= 11 is 0. The molecule has 2 aliphatic rings. The summed E-state index contributed by atoms with van der Waals surface area (Å²) in [5, 5.41) is 19.5. The Labute approximate surface area is 205 Å². The van der Waals surface area contributed by atoms with Crippen LogP contribution in [0, 0.1) is 11.3 Å². The van der Waals surface area contributed by atoms with Crippen molar-refractivity contribution in [2.24, 2.45) is 11.3 Å². The highest BCUT2D eigenvalue weighted by molar-refractivity contribution is 6.00. The highest BCUT2D eigenvalue weighted by Crippen LogP contribution is 2.70. The molecule has 2 fully saturated rings. The molecule has 0 aliphatic heterocycles. The van der Waals surface area contributed by atoms with Gasteiger partial charge in [0.2, 0.25) is 11.7 Å². The molecule has 1 atom stereocenters. The van der Waals surface area contributed by atoms with Crippen molar-refractivity contribution in [3.63, 3.8) is 0 Å². The molecule has 3 aromatic rings. The Bertz CT molecular complexity index is 1390. The minimum absolute atomic E-state index is 0.0611. The maximum atomic E-state index is 12.7. The van der Waals surface area contributed by atoms with Crippen molar-refractivity contribution >= 4 is 29.0 Å². The van der Waals surface area contributed by atoms with Crippen molar-refractivity contribution in [3.8, 4) is 17.1 Å². The van der Waals surface area contributed by atoms with Gasteiger partial charge in [0, 0.05) is 30.2 Å². The molecule has 2 aromatic heterocycles. The minimum Gasteiger partial charge on any atom is -0.494 e. The molecule has 182 valence electrons. The van der Waals surface area contributed by atoms with E-state index in [1.54, 1.807) is 18.2 Å². The van der Waals surface area contributed by atoms with Crippen molar-refractivity contribution < 1.29 is 27.7 Å². The quantitative estimate of drug-likeness (QED) is 0.414. The van der Waals surface area contributed by atoms with Crippen LogP contribution >= 0.6 is 0 Å². The van der Waals surface area contributed by atoms with Crippen LogP contribution in [0.1, 0.15) is 39.8 Å². The molecule has 35 heavy (non-hydrogen) atoms. The Morgan fingerprint density at radius 3 is 2.83 bits per heavy atom. The van der Waals surface area contributed by atoms with Crippen LogP contribution in [0.15, 0.2) is 28.8 Å². The van der Waals surface area contributed by atoms with E-state index in [1.165, 1.54) is 20.3 Å². The average Bonchev–Trinajstić information content (AvgIpc) is 3.75. The smallest absolute Gasteiger partial charge is 0.273 e. The molecule has 12 nitrogen and oxygen atoms in total. The van der Waals surface area contributed by atoms with E-state index >= 15 is 0 Å². The Kier molecular flexibility index (Phi) is 4.93. The summed E-state index contributed by atoms with van der Waals surface area (Å²) in [7, 11) is 2.95. The summed E-state index contributed by atoms with van der Waals surface area (Å²) in [5.74, 6) is -0.251. The number of aromatic nitrogens is 4. The molecular formula is C23H25N7O5. The number of ether oxygens (including phenoxy) is 2. The third-order valence-electron chi connectivity index (χ3n) is 6.24. The summed E-state index contributed by atoms with van der Waals surface area (Å²) in [5.41, 5.74) is 0.812. The van der Waals surface area contributed by atoms with E-state index in [0.717, 1.165) is 19.3 Å². The SMILES string of the molecule is [2H]C([2H])([2H])NC(=O)c1nnc(NC(=O)C2CC23CC3)cc1Nc1cccc(-c2noc(COC)n2)c1OC. The van der Waals surface area contributed by atoms with E-state index in [0.29, 0.717) is 17.0 Å². The number of benzene rings is 1. The second-order valence-electron chi connectivity index (χ2n) is 8.51. The lowest BCUT2D eigenvalue weighted by Gasteiger charge is -2.16. The largest absolute Gasteiger partial charge is 0.494 e. The lowest BCUT2D eigenvalue weighted by Crippen LogP contribution is -2.22. The van der Waals surface area contributed by atoms with Crippen molar-refractivity contribution in [1.82, 2.24) is 25.7 Å². The van der Waals surface area contributed by atoms with Crippen LogP contribution < -0.4 is 20.7 Å². The maximum absolute atomic E-state index is 12.7. The van der Waals surface area contributed by atoms with Crippen LogP contribution in [0.25, 0.3) is 11.4 Å². The number of carbonyl (C=O) groups is 2. The molecule has 1 spiro atoms. The first-order valence-corrected chi connectivity index (χ1v) is 10.9. The third-order valence-corrected chi connectivity index (χ3v) is 6.24. The molecule has 0 saturated heterocycles. The van der Waals surface area contributed by atoms with Crippen LogP contribution in [0.2, 0.25) is 0 Å². The second kappa shape index (κ2) is 8.95. The highest BCUT2D eigenvalue weighted by atomic mass is 16.5. The van der Waals surface area contributed by atoms with Gasteiger partial charge in [0.25, 0.3) is 11.8 Å². The number of hydrogen-bond donors (Lipinski definition) is 3. The predicted molar refractivity (Wildman–Crippen MR) is 124 cm³/mol. The fourth-order valence-electron chi connectivity index (χ4n) is 4.14. The topological polar surface area (TPSA) is 153 Å². The second-order valence-corrected chi connectivity index (χ2v) is 8.51. The number of nitrogens with zero attached hydrogens (tertiary/aromatic N) is 4. The molecule has 1 unspecified atom stereocenters. The van der Waals surface area contributed by atoms with Crippen molar-refractivity contribution in [2.75, 3.05) is 31.8 Å². The van der Waals surface area contributed by atoms with Crippen LogP contribution in [-0.4, -0.2) is 53.3 Å². The normalized spacial score (nSPS) is 18.7. The van der Waals surface area contributed by atoms with E-state index in [9.17, 15) is 9.59 Å². The van der Waals surface area contributed by atoms with Gasteiger partial charge in [0.1, 0.15) is 6.61 Å². The predicted octanol–water partition coefficient (Wildman–Crippen LogP) is 2.52. The minimum atomic E-state index is -2.75. The summed E-state index contributed by atoms with van der Waals surface area (Å²) in [6.07, 6.45) is 2.94. The molecule has 3 N–H and O–H groups in total. The number of methoxy groups -OCH3 is 2. The first-order chi connectivity index (χ1) is 18.1. The molecule has 2 aliphatic carbocycles. The fraction of sp³-hybridized carbons (Fsp3) is 0.391. The summed E-state index contributed by atoms with van der Waals surface area (Å²) in [4.78, 5) is 29.7. The Hall–Kier alpha value is -4.06. The zero-order chi connectivity index (χ0) is 27.1. The number of rotatable bonds is 9. The zero-order valence-corrected chi connectivity index (χ0v) is 19.0. The van der Waals surface area contributed by atoms with Crippen LogP contribution in [-0.2, 0) is 16.1 Å². The monoisotopic (exact) mass is 482 g/mol. The lowest BCUT2D eigenvalue weighted by molar-refractivity contribution is -0.117. The van der Waals surface area contributed by atoms with Gasteiger partial charge >= 0.3 is 0 Å². The molecule has 0 bridgehead atoms. The molecule has 2 heterocycles. The van der Waals surface area contributed by atoms with Crippen molar-refractivity contribution in [1.29, 1.82) is 0 Å². The van der Waals surface area contributed by atoms with Gasteiger partial charge in [-0.15, -0.1) is 10.2 Å². The number of amides is 2. The maximum Gasteiger partial charge on any atom is 0.273 e. The van der Waals surface area contributed by atoms with E-state index in [-0.39, 0.29) is 52.8 Å².